The Kier molecular flexibility index (Phi) is 2.63. The summed E-state index contributed by atoms with van der Waals surface area (Å²) >= 11 is 0. The molecule has 1 N–H and O–H groups in total. The van der Waals surface area contributed by atoms with Gasteiger partial charge in [0.15, 0.2) is 0 Å². The van der Waals surface area contributed by atoms with Crippen LogP contribution < -0.4 is 0 Å². The lowest BCUT2D eigenvalue weighted by Crippen LogP contribution is -2.74. The molecule has 2 saturated heterocycles. The van der Waals surface area contributed by atoms with Gasteiger partial charge in [-0.1, -0.05) is 6.92 Å². The third kappa shape index (κ3) is 1.49. The molecule has 19 heavy (non-hydrogen) atoms. The number of piperidine rings is 2. The number of rotatable bonds is 0. The van der Waals surface area contributed by atoms with Gasteiger partial charge >= 0.3 is 0 Å². The summed E-state index contributed by atoms with van der Waals surface area (Å²) in [4.78, 5) is 15.2. The molecule has 0 aromatic heterocycles. The lowest BCUT2D eigenvalue weighted by molar-refractivity contribution is -0.196. The summed E-state index contributed by atoms with van der Waals surface area (Å²) in [5, 5.41) is 10.6. The molecule has 4 fully saturated rings. The first-order valence-corrected chi connectivity index (χ1v) is 8.09. The highest BCUT2D eigenvalue weighted by molar-refractivity contribution is 5.84. The largest absolute Gasteiger partial charge is 0.393 e. The van der Waals surface area contributed by atoms with Crippen molar-refractivity contribution in [3.05, 3.63) is 0 Å². The van der Waals surface area contributed by atoms with Gasteiger partial charge in [0.1, 0.15) is 5.78 Å². The average molecular weight is 263 g/mol. The van der Waals surface area contributed by atoms with E-state index in [1.54, 1.807) is 0 Å². The van der Waals surface area contributed by atoms with Crippen LogP contribution in [-0.4, -0.2) is 40.5 Å². The molecule has 2 heterocycles. The molecule has 4 rings (SSSR count). The summed E-state index contributed by atoms with van der Waals surface area (Å²) in [5.74, 6) is 2.26. The first-order chi connectivity index (χ1) is 9.13. The van der Waals surface area contributed by atoms with Gasteiger partial charge in [-0.2, -0.15) is 0 Å². The number of carbonyl (C=O) groups is 1. The van der Waals surface area contributed by atoms with Gasteiger partial charge in [0, 0.05) is 30.3 Å². The van der Waals surface area contributed by atoms with E-state index < -0.39 is 0 Å². The first-order valence-electron chi connectivity index (χ1n) is 8.09. The molecule has 2 aliphatic heterocycles. The molecule has 6 atom stereocenters. The third-order valence-electron chi connectivity index (χ3n) is 6.54. The average Bonchev–Trinajstić information content (AvgIpc) is 2.35. The van der Waals surface area contributed by atoms with Gasteiger partial charge < -0.3 is 5.11 Å². The SMILES string of the molecule is C[C@@H]1C[C@H]2CC(=O)[C@H]3CCCN4CC[C@H](O)[C@H]2[C@]34C1. The molecule has 4 aliphatic rings. The molecule has 2 bridgehead atoms. The maximum absolute atomic E-state index is 12.6. The molecule has 1 spiro atoms. The quantitative estimate of drug-likeness (QED) is 0.725. The zero-order chi connectivity index (χ0) is 13.2. The van der Waals surface area contributed by atoms with E-state index in [1.807, 2.05) is 0 Å². The Morgan fingerprint density at radius 1 is 1.32 bits per heavy atom. The van der Waals surface area contributed by atoms with Crippen LogP contribution in [0.15, 0.2) is 0 Å². The molecule has 0 aromatic carbocycles. The fraction of sp³-hybridized carbons (Fsp3) is 0.938. The minimum absolute atomic E-state index is 0.0353. The highest BCUT2D eigenvalue weighted by atomic mass is 16.3. The first kappa shape index (κ1) is 12.3. The van der Waals surface area contributed by atoms with Crippen LogP contribution in [0, 0.1) is 23.7 Å². The van der Waals surface area contributed by atoms with Crippen molar-refractivity contribution in [2.45, 2.75) is 57.1 Å². The van der Waals surface area contributed by atoms with Crippen LogP contribution in [0.25, 0.3) is 0 Å². The summed E-state index contributed by atoms with van der Waals surface area (Å²) in [6, 6.07) is 0. The molecular weight excluding hydrogens is 238 g/mol. The molecule has 0 unspecified atom stereocenters. The predicted molar refractivity (Wildman–Crippen MR) is 72.7 cm³/mol. The van der Waals surface area contributed by atoms with Gasteiger partial charge in [0.25, 0.3) is 0 Å². The fourth-order valence-corrected chi connectivity index (χ4v) is 6.21. The van der Waals surface area contributed by atoms with Crippen LogP contribution in [0.3, 0.4) is 0 Å². The summed E-state index contributed by atoms with van der Waals surface area (Å²) in [6.45, 7) is 4.49. The highest BCUT2D eigenvalue weighted by Gasteiger charge is 2.64. The van der Waals surface area contributed by atoms with Crippen molar-refractivity contribution < 1.29 is 9.90 Å². The molecule has 0 radical (unpaired) electrons. The molecule has 0 amide bonds. The standard InChI is InChI=1S/C16H25NO2/c1-10-7-11-8-14(19)12-3-2-5-17-6-4-13(18)15(11)16(12,17)9-10/h10-13,15,18H,2-9H2,1H3/t10-,11+,12-,13+,15+,16+/m1/s1. The van der Waals surface area contributed by atoms with E-state index >= 15 is 0 Å². The van der Waals surface area contributed by atoms with Crippen molar-refractivity contribution in [3.63, 3.8) is 0 Å². The maximum Gasteiger partial charge on any atom is 0.138 e. The summed E-state index contributed by atoms with van der Waals surface area (Å²) < 4.78 is 0. The Hall–Kier alpha value is -0.410. The van der Waals surface area contributed by atoms with Gasteiger partial charge in [-0.05, 0) is 50.5 Å². The minimum Gasteiger partial charge on any atom is -0.393 e. The molecule has 2 aliphatic carbocycles. The third-order valence-corrected chi connectivity index (χ3v) is 6.54. The molecule has 2 saturated carbocycles. The van der Waals surface area contributed by atoms with Crippen molar-refractivity contribution in [2.75, 3.05) is 13.1 Å². The van der Waals surface area contributed by atoms with E-state index in [2.05, 4.69) is 11.8 Å². The Labute approximate surface area is 115 Å². The number of hydrogen-bond acceptors (Lipinski definition) is 3. The van der Waals surface area contributed by atoms with Crippen LogP contribution in [0.5, 0.6) is 0 Å². The number of ketones is 1. The van der Waals surface area contributed by atoms with Crippen molar-refractivity contribution in [1.29, 1.82) is 0 Å². The van der Waals surface area contributed by atoms with Crippen LogP contribution in [0.1, 0.15) is 45.4 Å². The predicted octanol–water partition coefficient (Wildman–Crippen LogP) is 1.84. The zero-order valence-electron chi connectivity index (χ0n) is 11.8. The van der Waals surface area contributed by atoms with E-state index in [1.165, 1.54) is 6.42 Å². The van der Waals surface area contributed by atoms with Gasteiger partial charge in [0.05, 0.1) is 6.10 Å². The monoisotopic (exact) mass is 263 g/mol. The number of carbonyl (C=O) groups excluding carboxylic acids is 1. The highest BCUT2D eigenvalue weighted by Crippen LogP contribution is 2.59. The number of aliphatic hydroxyl groups excluding tert-OH is 1. The lowest BCUT2D eigenvalue weighted by atomic mass is 9.48. The van der Waals surface area contributed by atoms with Crippen molar-refractivity contribution in [1.82, 2.24) is 4.90 Å². The molecule has 3 heteroatoms. The van der Waals surface area contributed by atoms with Crippen LogP contribution in [0.2, 0.25) is 0 Å². The summed E-state index contributed by atoms with van der Waals surface area (Å²) in [6.07, 6.45) is 6.02. The van der Waals surface area contributed by atoms with E-state index in [-0.39, 0.29) is 17.6 Å². The Morgan fingerprint density at radius 3 is 3.00 bits per heavy atom. The van der Waals surface area contributed by atoms with Crippen molar-refractivity contribution in [2.24, 2.45) is 23.7 Å². The van der Waals surface area contributed by atoms with Crippen LogP contribution in [-0.2, 0) is 4.79 Å². The fourth-order valence-electron chi connectivity index (χ4n) is 6.21. The van der Waals surface area contributed by atoms with Crippen LogP contribution >= 0.6 is 0 Å². The molecule has 106 valence electrons. The van der Waals surface area contributed by atoms with E-state index in [4.69, 9.17) is 0 Å². The molecule has 0 aromatic rings. The smallest absolute Gasteiger partial charge is 0.138 e. The Morgan fingerprint density at radius 2 is 2.16 bits per heavy atom. The second-order valence-electron chi connectivity index (χ2n) is 7.53. The van der Waals surface area contributed by atoms with Crippen molar-refractivity contribution >= 4 is 5.78 Å². The van der Waals surface area contributed by atoms with E-state index in [9.17, 15) is 9.90 Å². The normalized spacial score (nSPS) is 53.8. The number of hydrogen-bond donors (Lipinski definition) is 1. The maximum atomic E-state index is 12.6. The van der Waals surface area contributed by atoms with Crippen LogP contribution in [0.4, 0.5) is 0 Å². The van der Waals surface area contributed by atoms with Gasteiger partial charge in [-0.15, -0.1) is 0 Å². The number of nitrogens with zero attached hydrogens (tertiary/aromatic N) is 1. The van der Waals surface area contributed by atoms with Gasteiger partial charge in [-0.25, -0.2) is 0 Å². The van der Waals surface area contributed by atoms with Gasteiger partial charge in [0.2, 0.25) is 0 Å². The summed E-state index contributed by atoms with van der Waals surface area (Å²) in [5.41, 5.74) is 0.0353. The lowest BCUT2D eigenvalue weighted by Gasteiger charge is -2.66. The topological polar surface area (TPSA) is 40.5 Å². The second-order valence-corrected chi connectivity index (χ2v) is 7.53. The molecular formula is C16H25NO2. The minimum atomic E-state index is -0.164. The summed E-state index contributed by atoms with van der Waals surface area (Å²) in [7, 11) is 0. The Bertz CT molecular complexity index is 410. The molecule has 3 nitrogen and oxygen atoms in total. The van der Waals surface area contributed by atoms with E-state index in [0.717, 1.165) is 45.2 Å². The van der Waals surface area contributed by atoms with Crippen molar-refractivity contribution in [3.8, 4) is 0 Å². The number of aliphatic hydroxyl groups is 1. The van der Waals surface area contributed by atoms with Gasteiger partial charge in [-0.3, -0.25) is 9.69 Å². The zero-order valence-corrected chi connectivity index (χ0v) is 11.8. The Balaban J connectivity index is 1.84. The second kappa shape index (κ2) is 4.05. The van der Waals surface area contributed by atoms with E-state index in [0.29, 0.717) is 23.5 Å². The number of Topliss-reactive ketones (excluding diaryl/α,β-unsaturated/α-hetero) is 1.